The number of hydrogen-bond acceptors (Lipinski definition) is 6. The lowest BCUT2D eigenvalue weighted by atomic mass is 10.1. The first kappa shape index (κ1) is 49.5. The van der Waals surface area contributed by atoms with E-state index in [0.29, 0.717) is 33.4 Å². The molecule has 0 bridgehead atoms. The number of nitrogens with zero attached hydrogens (tertiary/aromatic N) is 6. The van der Waals surface area contributed by atoms with Crippen LogP contribution in [0.25, 0.3) is 0 Å². The quantitative estimate of drug-likeness (QED) is 0.265. The van der Waals surface area contributed by atoms with Gasteiger partial charge in [0.25, 0.3) is 0 Å². The average Bonchev–Trinajstić information content (AvgIpc) is 3.13. The molecular weight excluding hydrogens is 516 g/mol. The van der Waals surface area contributed by atoms with Crippen molar-refractivity contribution in [3.63, 3.8) is 0 Å². The lowest BCUT2D eigenvalue weighted by molar-refractivity contribution is 1.43. The number of nitriles is 6. The maximum absolute atomic E-state index is 8.45. The van der Waals surface area contributed by atoms with Crippen LogP contribution in [-0.2, 0) is 0 Å². The maximum Gasteiger partial charge on any atom is 0.101 e. The zero-order chi connectivity index (χ0) is 34.2. The van der Waals surface area contributed by atoms with E-state index >= 15 is 0 Å². The van der Waals surface area contributed by atoms with Crippen molar-refractivity contribution in [3.8, 4) is 36.4 Å². The van der Waals surface area contributed by atoms with Crippen LogP contribution in [0, 0.1) is 68.0 Å². The van der Waals surface area contributed by atoms with Gasteiger partial charge in [-0.2, -0.15) is 31.6 Å². The zero-order valence-corrected chi connectivity index (χ0v) is 27.6. The lowest BCUT2D eigenvalue weighted by Crippen LogP contribution is -1.79. The molecule has 0 radical (unpaired) electrons. The highest BCUT2D eigenvalue weighted by molar-refractivity contribution is 5.44. The van der Waals surface area contributed by atoms with E-state index in [1.54, 1.807) is 72.8 Å². The Morgan fingerprint density at radius 3 is 0.786 bits per heavy atom. The summed E-state index contributed by atoms with van der Waals surface area (Å²) in [4.78, 5) is 0. The van der Waals surface area contributed by atoms with Crippen molar-refractivity contribution >= 4 is 0 Å². The third kappa shape index (κ3) is 27.6. The molecular formula is C36H48N6. The predicted molar refractivity (Wildman–Crippen MR) is 176 cm³/mol. The van der Waals surface area contributed by atoms with Gasteiger partial charge in [0.05, 0.1) is 57.7 Å². The minimum Gasteiger partial charge on any atom is -0.192 e. The Balaban J connectivity index is -0.0000000979. The molecule has 3 rings (SSSR count). The van der Waals surface area contributed by atoms with E-state index in [-0.39, 0.29) is 0 Å². The number of rotatable bonds is 0. The van der Waals surface area contributed by atoms with Crippen LogP contribution in [0.15, 0.2) is 72.8 Å². The smallest absolute Gasteiger partial charge is 0.101 e. The minimum absolute atomic E-state index is 0.435. The second kappa shape index (κ2) is 45.5. The molecule has 0 unspecified atom stereocenters. The molecule has 0 saturated carbocycles. The molecule has 0 aliphatic heterocycles. The number of hydrogen-bond donors (Lipinski definition) is 0. The van der Waals surface area contributed by atoms with Crippen molar-refractivity contribution in [1.29, 1.82) is 31.6 Å². The second-order valence-electron chi connectivity index (χ2n) is 5.37. The van der Waals surface area contributed by atoms with E-state index in [4.69, 9.17) is 31.6 Å². The summed E-state index contributed by atoms with van der Waals surface area (Å²) in [6.07, 6.45) is 0. The Labute approximate surface area is 257 Å². The molecule has 0 atom stereocenters. The molecule has 0 amide bonds. The summed E-state index contributed by atoms with van der Waals surface area (Å²) in [5.41, 5.74) is 3.09. The molecule has 0 aliphatic carbocycles. The highest BCUT2D eigenvalue weighted by atomic mass is 14.3. The summed E-state index contributed by atoms with van der Waals surface area (Å²) < 4.78 is 0. The molecule has 0 spiro atoms. The molecule has 0 aromatic heterocycles. The summed E-state index contributed by atoms with van der Waals surface area (Å²) in [7, 11) is 0. The van der Waals surface area contributed by atoms with Crippen LogP contribution in [0.4, 0.5) is 0 Å². The van der Waals surface area contributed by atoms with E-state index in [1.807, 2.05) is 120 Å². The molecule has 42 heavy (non-hydrogen) atoms. The van der Waals surface area contributed by atoms with Gasteiger partial charge in [-0.25, -0.2) is 0 Å². The summed E-state index contributed by atoms with van der Waals surface area (Å²) in [5, 5.41) is 50.4. The third-order valence-corrected chi connectivity index (χ3v) is 3.43. The summed E-state index contributed by atoms with van der Waals surface area (Å²) in [6.45, 7) is 24.0. The number of benzene rings is 3. The van der Waals surface area contributed by atoms with Gasteiger partial charge in [-0.05, 0) is 54.6 Å². The molecule has 3 aromatic carbocycles. The van der Waals surface area contributed by atoms with E-state index in [1.165, 1.54) is 0 Å². The van der Waals surface area contributed by atoms with Crippen molar-refractivity contribution < 1.29 is 0 Å². The topological polar surface area (TPSA) is 143 Å². The SMILES string of the molecule is CC.CC.CC.CC.CC.CC.N#Cc1ccc(C#N)cc1.N#Cc1cccc(C#N)c1.N#Cc1ccccc1C#N. The van der Waals surface area contributed by atoms with Crippen LogP contribution in [0.2, 0.25) is 0 Å². The van der Waals surface area contributed by atoms with Crippen LogP contribution in [-0.4, -0.2) is 0 Å². The van der Waals surface area contributed by atoms with E-state index in [9.17, 15) is 0 Å². The van der Waals surface area contributed by atoms with Crippen molar-refractivity contribution in [2.45, 2.75) is 83.1 Å². The fourth-order valence-corrected chi connectivity index (χ4v) is 1.96. The minimum atomic E-state index is 0.435. The van der Waals surface area contributed by atoms with Gasteiger partial charge in [0, 0.05) is 0 Å². The fourth-order valence-electron chi connectivity index (χ4n) is 1.96. The normalized spacial score (nSPS) is 6.43. The molecule has 0 fully saturated rings. The summed E-state index contributed by atoms with van der Waals surface area (Å²) in [5.74, 6) is 0. The van der Waals surface area contributed by atoms with Gasteiger partial charge in [-0.3, -0.25) is 0 Å². The highest BCUT2D eigenvalue weighted by Gasteiger charge is 1.95. The Kier molecular flexibility index (Phi) is 53.7. The second-order valence-corrected chi connectivity index (χ2v) is 5.37. The Hall–Kier alpha value is -5.40. The predicted octanol–water partition coefficient (Wildman–Crippen LogP) is 10.4. The summed E-state index contributed by atoms with van der Waals surface area (Å²) in [6, 6.07) is 31.5. The first-order valence-corrected chi connectivity index (χ1v) is 14.3. The first-order valence-electron chi connectivity index (χ1n) is 14.3. The van der Waals surface area contributed by atoms with Crippen molar-refractivity contribution in [2.75, 3.05) is 0 Å². The van der Waals surface area contributed by atoms with E-state index < -0.39 is 0 Å². The molecule has 0 saturated heterocycles. The lowest BCUT2D eigenvalue weighted by Gasteiger charge is -1.88. The zero-order valence-electron chi connectivity index (χ0n) is 27.6. The van der Waals surface area contributed by atoms with Crippen molar-refractivity contribution in [2.24, 2.45) is 0 Å². The van der Waals surface area contributed by atoms with Crippen LogP contribution in [0.3, 0.4) is 0 Å². The molecule has 0 aliphatic rings. The van der Waals surface area contributed by atoms with Crippen molar-refractivity contribution in [3.05, 3.63) is 106 Å². The van der Waals surface area contributed by atoms with Crippen LogP contribution < -0.4 is 0 Å². The molecule has 3 aromatic rings. The van der Waals surface area contributed by atoms with Crippen LogP contribution in [0.5, 0.6) is 0 Å². The highest BCUT2D eigenvalue weighted by Crippen LogP contribution is 2.04. The van der Waals surface area contributed by atoms with Gasteiger partial charge in [0.1, 0.15) is 12.1 Å². The van der Waals surface area contributed by atoms with E-state index in [0.717, 1.165) is 0 Å². The van der Waals surface area contributed by atoms with Gasteiger partial charge in [-0.15, -0.1) is 0 Å². The van der Waals surface area contributed by atoms with Gasteiger partial charge < -0.3 is 0 Å². The maximum atomic E-state index is 8.45. The van der Waals surface area contributed by atoms with Crippen LogP contribution >= 0.6 is 0 Å². The first-order chi connectivity index (χ1) is 20.6. The molecule has 0 heterocycles. The Bertz CT molecular complexity index is 1160. The van der Waals surface area contributed by atoms with Gasteiger partial charge in [0.2, 0.25) is 0 Å². The standard InChI is InChI=1S/3C8H4N2.6C2H6/c9-5-7-1-2-8(6-10)4-3-7;9-5-7-2-1-3-8(4-7)6-10;9-5-7-3-1-2-4-8(7)6-10;6*1-2/h3*1-4H;6*1-2H3. The average molecular weight is 565 g/mol. The Morgan fingerprint density at radius 2 is 0.571 bits per heavy atom. The van der Waals surface area contributed by atoms with Gasteiger partial charge >= 0.3 is 0 Å². The Morgan fingerprint density at radius 1 is 0.310 bits per heavy atom. The monoisotopic (exact) mass is 564 g/mol. The largest absolute Gasteiger partial charge is 0.192 e. The fraction of sp³-hybridized carbons (Fsp3) is 0.333. The molecule has 0 N–H and O–H groups in total. The van der Waals surface area contributed by atoms with Gasteiger partial charge in [0.15, 0.2) is 0 Å². The van der Waals surface area contributed by atoms with Crippen LogP contribution in [0.1, 0.15) is 116 Å². The van der Waals surface area contributed by atoms with E-state index in [2.05, 4.69) is 0 Å². The molecule has 222 valence electrons. The summed E-state index contributed by atoms with van der Waals surface area (Å²) >= 11 is 0. The van der Waals surface area contributed by atoms with Crippen molar-refractivity contribution in [1.82, 2.24) is 0 Å². The third-order valence-electron chi connectivity index (χ3n) is 3.43. The molecule has 6 nitrogen and oxygen atoms in total. The molecule has 6 heteroatoms. The van der Waals surface area contributed by atoms with Gasteiger partial charge in [-0.1, -0.05) is 101 Å².